The number of aromatic nitrogens is 1. The maximum absolute atomic E-state index is 5.93. The van der Waals surface area contributed by atoms with Crippen LogP contribution in [-0.4, -0.2) is 18.1 Å². The fourth-order valence-electron chi connectivity index (χ4n) is 1.01. The smallest absolute Gasteiger partial charge is 0.133 e. The van der Waals surface area contributed by atoms with Gasteiger partial charge in [0.05, 0.1) is 0 Å². The molecule has 0 aliphatic heterocycles. The Morgan fingerprint density at radius 1 is 1.54 bits per heavy atom. The average molecular weight is 200 g/mol. The summed E-state index contributed by atoms with van der Waals surface area (Å²) in [4.78, 5) is 4.15. The lowest BCUT2D eigenvalue weighted by molar-refractivity contribution is 0.693. The molecule has 1 rings (SSSR count). The number of hydrogen-bond acceptors (Lipinski definition) is 3. The van der Waals surface area contributed by atoms with Gasteiger partial charge in [-0.25, -0.2) is 4.98 Å². The van der Waals surface area contributed by atoms with Crippen molar-refractivity contribution in [2.24, 2.45) is 5.73 Å². The van der Waals surface area contributed by atoms with Crippen LogP contribution in [0.1, 0.15) is 11.3 Å². The van der Waals surface area contributed by atoms with Crippen molar-refractivity contribution in [3.63, 3.8) is 0 Å². The first-order chi connectivity index (χ1) is 6.24. The van der Waals surface area contributed by atoms with E-state index in [1.54, 1.807) is 0 Å². The van der Waals surface area contributed by atoms with Crippen LogP contribution < -0.4 is 11.1 Å². The first-order valence-electron chi connectivity index (χ1n) is 4.27. The van der Waals surface area contributed by atoms with Gasteiger partial charge in [-0.3, -0.25) is 0 Å². The molecule has 3 N–H and O–H groups in total. The van der Waals surface area contributed by atoms with Gasteiger partial charge in [0, 0.05) is 30.9 Å². The third-order valence-electron chi connectivity index (χ3n) is 1.70. The van der Waals surface area contributed by atoms with E-state index in [1.165, 1.54) is 0 Å². The van der Waals surface area contributed by atoms with Gasteiger partial charge in [0.2, 0.25) is 0 Å². The molecule has 72 valence electrons. The zero-order chi connectivity index (χ0) is 9.68. The summed E-state index contributed by atoms with van der Waals surface area (Å²) in [5, 5.41) is 3.74. The molecule has 1 heterocycles. The van der Waals surface area contributed by atoms with Gasteiger partial charge < -0.3 is 11.1 Å². The van der Waals surface area contributed by atoms with Crippen LogP contribution in [0.4, 0.5) is 0 Å². The van der Waals surface area contributed by atoms with Crippen LogP contribution >= 0.6 is 11.6 Å². The summed E-state index contributed by atoms with van der Waals surface area (Å²) >= 11 is 5.93. The van der Waals surface area contributed by atoms with E-state index in [2.05, 4.69) is 10.3 Å². The molecule has 3 nitrogen and oxygen atoms in total. The van der Waals surface area contributed by atoms with Crippen LogP contribution in [0.3, 0.4) is 0 Å². The van der Waals surface area contributed by atoms with Crippen LogP contribution in [0.2, 0.25) is 5.15 Å². The predicted molar refractivity (Wildman–Crippen MR) is 54.7 cm³/mol. The van der Waals surface area contributed by atoms with Crippen molar-refractivity contribution in [3.05, 3.63) is 28.5 Å². The number of nitrogens with zero attached hydrogens (tertiary/aromatic N) is 1. The molecule has 0 spiro atoms. The number of pyridine rings is 1. The highest BCUT2D eigenvalue weighted by atomic mass is 35.5. The van der Waals surface area contributed by atoms with Crippen molar-refractivity contribution in [1.82, 2.24) is 10.3 Å². The lowest BCUT2D eigenvalue weighted by atomic mass is 10.2. The number of halogens is 1. The number of aryl methyl sites for hydroxylation is 1. The second-order valence-electron chi connectivity index (χ2n) is 2.87. The Balaban J connectivity index is 2.56. The summed E-state index contributed by atoms with van der Waals surface area (Å²) in [7, 11) is 0. The topological polar surface area (TPSA) is 50.9 Å². The molecule has 0 aliphatic rings. The lowest BCUT2D eigenvalue weighted by Gasteiger charge is -2.05. The second kappa shape index (κ2) is 5.17. The zero-order valence-corrected chi connectivity index (χ0v) is 8.43. The molecule has 0 saturated carbocycles. The predicted octanol–water partition coefficient (Wildman–Crippen LogP) is 1.09. The maximum Gasteiger partial charge on any atom is 0.133 e. The molecule has 0 bridgehead atoms. The molecule has 0 unspecified atom stereocenters. The van der Waals surface area contributed by atoms with Gasteiger partial charge >= 0.3 is 0 Å². The first-order valence-corrected chi connectivity index (χ1v) is 4.64. The van der Waals surface area contributed by atoms with Crippen LogP contribution in [-0.2, 0) is 6.54 Å². The minimum Gasteiger partial charge on any atom is -0.329 e. The van der Waals surface area contributed by atoms with E-state index in [9.17, 15) is 0 Å². The summed E-state index contributed by atoms with van der Waals surface area (Å²) in [6, 6.07) is 3.93. The van der Waals surface area contributed by atoms with E-state index >= 15 is 0 Å². The van der Waals surface area contributed by atoms with Crippen molar-refractivity contribution < 1.29 is 0 Å². The van der Waals surface area contributed by atoms with E-state index in [-0.39, 0.29) is 0 Å². The second-order valence-corrected chi connectivity index (χ2v) is 3.23. The summed E-state index contributed by atoms with van der Waals surface area (Å²) in [5.74, 6) is 0. The molecule has 4 heteroatoms. The van der Waals surface area contributed by atoms with Crippen LogP contribution in [0.5, 0.6) is 0 Å². The standard InChI is InChI=1S/C9H14ClN3/c1-7-2-3-8(9(10)13-7)6-12-5-4-11/h2-3,12H,4-6,11H2,1H3. The highest BCUT2D eigenvalue weighted by molar-refractivity contribution is 6.30. The summed E-state index contributed by atoms with van der Waals surface area (Å²) < 4.78 is 0. The lowest BCUT2D eigenvalue weighted by Crippen LogP contribution is -2.22. The Labute approximate surface area is 83.3 Å². The Morgan fingerprint density at radius 2 is 2.31 bits per heavy atom. The highest BCUT2D eigenvalue weighted by Gasteiger charge is 2.00. The molecule has 0 atom stereocenters. The van der Waals surface area contributed by atoms with Gasteiger partial charge in [-0.15, -0.1) is 0 Å². The van der Waals surface area contributed by atoms with Gasteiger partial charge in [0.15, 0.2) is 0 Å². The Morgan fingerprint density at radius 3 is 2.92 bits per heavy atom. The van der Waals surface area contributed by atoms with Crippen LogP contribution in [0.25, 0.3) is 0 Å². The van der Waals surface area contributed by atoms with Crippen molar-refractivity contribution >= 4 is 11.6 Å². The van der Waals surface area contributed by atoms with E-state index in [1.807, 2.05) is 19.1 Å². The summed E-state index contributed by atoms with van der Waals surface area (Å²) in [6.45, 7) is 4.08. The Bertz CT molecular complexity index is 276. The SMILES string of the molecule is Cc1ccc(CNCCN)c(Cl)n1. The molecule has 1 aromatic heterocycles. The van der Waals surface area contributed by atoms with Gasteiger partial charge in [-0.1, -0.05) is 17.7 Å². The average Bonchev–Trinajstić information content (AvgIpc) is 2.09. The normalized spacial score (nSPS) is 10.4. The molecule has 0 fully saturated rings. The van der Waals surface area contributed by atoms with E-state index in [4.69, 9.17) is 17.3 Å². The molecule has 0 saturated heterocycles. The minimum atomic E-state index is 0.574. The van der Waals surface area contributed by atoms with Crippen molar-refractivity contribution in [2.45, 2.75) is 13.5 Å². The minimum absolute atomic E-state index is 0.574. The van der Waals surface area contributed by atoms with Crippen molar-refractivity contribution in [1.29, 1.82) is 0 Å². The molecule has 0 aromatic carbocycles. The zero-order valence-electron chi connectivity index (χ0n) is 7.68. The van der Waals surface area contributed by atoms with Crippen molar-refractivity contribution in [3.8, 4) is 0 Å². The van der Waals surface area contributed by atoms with Crippen molar-refractivity contribution in [2.75, 3.05) is 13.1 Å². The maximum atomic E-state index is 5.93. The van der Waals surface area contributed by atoms with E-state index < -0.39 is 0 Å². The third kappa shape index (κ3) is 3.30. The third-order valence-corrected chi connectivity index (χ3v) is 2.03. The van der Waals surface area contributed by atoms with Gasteiger partial charge in [-0.05, 0) is 13.0 Å². The molecular weight excluding hydrogens is 186 g/mol. The van der Waals surface area contributed by atoms with Gasteiger partial charge in [0.25, 0.3) is 0 Å². The first kappa shape index (κ1) is 10.4. The number of nitrogens with one attached hydrogen (secondary N) is 1. The monoisotopic (exact) mass is 199 g/mol. The quantitative estimate of drug-likeness (QED) is 0.564. The number of rotatable bonds is 4. The van der Waals surface area contributed by atoms with Crippen LogP contribution in [0, 0.1) is 6.92 Å². The Kier molecular flexibility index (Phi) is 4.15. The van der Waals surface area contributed by atoms with Gasteiger partial charge in [-0.2, -0.15) is 0 Å². The largest absolute Gasteiger partial charge is 0.329 e. The fraction of sp³-hybridized carbons (Fsp3) is 0.444. The molecule has 0 radical (unpaired) electrons. The fourth-order valence-corrected chi connectivity index (χ4v) is 1.27. The molecule has 1 aromatic rings. The summed E-state index contributed by atoms with van der Waals surface area (Å²) in [5.41, 5.74) is 7.30. The number of hydrogen-bond donors (Lipinski definition) is 2. The molecular formula is C9H14ClN3. The van der Waals surface area contributed by atoms with E-state index in [0.717, 1.165) is 24.3 Å². The molecule has 0 amide bonds. The van der Waals surface area contributed by atoms with Crippen LogP contribution in [0.15, 0.2) is 12.1 Å². The molecule has 13 heavy (non-hydrogen) atoms. The highest BCUT2D eigenvalue weighted by Crippen LogP contribution is 2.12. The number of nitrogens with two attached hydrogens (primary N) is 1. The van der Waals surface area contributed by atoms with E-state index in [0.29, 0.717) is 11.7 Å². The summed E-state index contributed by atoms with van der Waals surface area (Å²) in [6.07, 6.45) is 0. The molecule has 0 aliphatic carbocycles. The Hall–Kier alpha value is -0.640. The van der Waals surface area contributed by atoms with Gasteiger partial charge in [0.1, 0.15) is 5.15 Å².